The average molecular weight is 240 g/mol. The molecule has 0 saturated heterocycles. The van der Waals surface area contributed by atoms with Crippen LogP contribution in [-0.2, 0) is 5.88 Å². The van der Waals surface area contributed by atoms with E-state index in [0.29, 0.717) is 6.20 Å². The predicted octanol–water partition coefficient (Wildman–Crippen LogP) is 2.60. The maximum atomic E-state index is 13.0. The maximum absolute atomic E-state index is 13.0. The van der Waals surface area contributed by atoms with Gasteiger partial charge < -0.3 is 5.11 Å². The van der Waals surface area contributed by atoms with E-state index < -0.39 is 40.9 Å². The highest BCUT2D eigenvalue weighted by Gasteiger charge is 2.25. The van der Waals surface area contributed by atoms with Crippen LogP contribution >= 0.6 is 11.6 Å². The van der Waals surface area contributed by atoms with Crippen LogP contribution in [0.1, 0.15) is 28.0 Å². The van der Waals surface area contributed by atoms with Crippen molar-refractivity contribution in [3.05, 3.63) is 28.8 Å². The molecule has 0 saturated carbocycles. The molecule has 1 N–H and O–H groups in total. The summed E-state index contributed by atoms with van der Waals surface area (Å²) in [6.07, 6.45) is -2.55. The summed E-state index contributed by atoms with van der Waals surface area (Å²) in [5.74, 6) is -3.19. The Hall–Kier alpha value is -1.30. The minimum Gasteiger partial charge on any atom is -0.478 e. The lowest BCUT2D eigenvalue weighted by atomic mass is 10.1. The zero-order valence-corrected chi connectivity index (χ0v) is 7.93. The van der Waals surface area contributed by atoms with Gasteiger partial charge in [-0.25, -0.2) is 18.0 Å². The number of halogens is 4. The summed E-state index contributed by atoms with van der Waals surface area (Å²) >= 11 is 5.28. The van der Waals surface area contributed by atoms with Gasteiger partial charge in [-0.15, -0.1) is 11.6 Å². The van der Waals surface area contributed by atoms with E-state index in [9.17, 15) is 18.0 Å². The molecule has 15 heavy (non-hydrogen) atoms. The number of hydrogen-bond acceptors (Lipinski definition) is 2. The molecule has 0 atom stereocenters. The molecule has 1 aromatic rings. The molecule has 0 fully saturated rings. The smallest absolute Gasteiger partial charge is 0.338 e. The molecule has 0 amide bonds. The minimum atomic E-state index is -3.08. The third-order valence-corrected chi connectivity index (χ3v) is 1.98. The summed E-state index contributed by atoms with van der Waals surface area (Å²) in [6, 6.07) is 0. The van der Waals surface area contributed by atoms with Gasteiger partial charge in [0.05, 0.1) is 17.6 Å². The summed E-state index contributed by atoms with van der Waals surface area (Å²) in [5, 5.41) is 8.65. The number of aromatic nitrogens is 1. The molecule has 0 aliphatic rings. The van der Waals surface area contributed by atoms with Gasteiger partial charge >= 0.3 is 5.97 Å². The SMILES string of the molecule is O=C(O)c1c(C(F)F)ncc(F)c1CCl. The second kappa shape index (κ2) is 4.48. The summed E-state index contributed by atoms with van der Waals surface area (Å²) in [7, 11) is 0. The Balaban J connectivity index is 3.49. The van der Waals surface area contributed by atoms with E-state index >= 15 is 0 Å². The third kappa shape index (κ3) is 2.20. The molecule has 0 aromatic carbocycles. The van der Waals surface area contributed by atoms with Crippen LogP contribution in [0.3, 0.4) is 0 Å². The fourth-order valence-electron chi connectivity index (χ4n) is 1.08. The quantitative estimate of drug-likeness (QED) is 0.825. The number of carboxylic acids is 1. The molecule has 0 bridgehead atoms. The standard InChI is InChI=1S/C8H5ClF3NO2/c9-1-3-4(10)2-13-6(7(11)12)5(3)8(14)15/h2,7H,1H2,(H,14,15). The van der Waals surface area contributed by atoms with Crippen LogP contribution in [-0.4, -0.2) is 16.1 Å². The van der Waals surface area contributed by atoms with Crippen molar-refractivity contribution in [2.75, 3.05) is 0 Å². The summed E-state index contributed by atoms with van der Waals surface area (Å²) in [4.78, 5) is 13.7. The second-order valence-electron chi connectivity index (χ2n) is 2.58. The lowest BCUT2D eigenvalue weighted by Crippen LogP contribution is -2.11. The maximum Gasteiger partial charge on any atom is 0.338 e. The molecule has 0 unspecified atom stereocenters. The lowest BCUT2D eigenvalue weighted by Gasteiger charge is -2.08. The van der Waals surface area contributed by atoms with Crippen molar-refractivity contribution in [2.24, 2.45) is 0 Å². The predicted molar refractivity (Wildman–Crippen MR) is 45.7 cm³/mol. The number of hydrogen-bond donors (Lipinski definition) is 1. The Morgan fingerprint density at radius 1 is 1.60 bits per heavy atom. The normalized spacial score (nSPS) is 10.7. The molecule has 1 aromatic heterocycles. The molecular weight excluding hydrogens is 235 g/mol. The second-order valence-corrected chi connectivity index (χ2v) is 2.85. The molecule has 1 heterocycles. The van der Waals surface area contributed by atoms with Gasteiger partial charge in [-0.1, -0.05) is 0 Å². The van der Waals surface area contributed by atoms with Gasteiger partial charge in [0.2, 0.25) is 0 Å². The van der Waals surface area contributed by atoms with Gasteiger partial charge in [-0.3, -0.25) is 4.98 Å². The molecular formula is C8H5ClF3NO2. The molecule has 1 rings (SSSR count). The number of nitrogens with zero attached hydrogens (tertiary/aromatic N) is 1. The molecule has 0 spiro atoms. The summed E-state index contributed by atoms with van der Waals surface area (Å²) < 4.78 is 37.7. The van der Waals surface area contributed by atoms with Crippen molar-refractivity contribution in [1.29, 1.82) is 0 Å². The van der Waals surface area contributed by atoms with Crippen molar-refractivity contribution in [1.82, 2.24) is 4.98 Å². The number of carboxylic acid groups (broad SMARTS) is 1. The number of aromatic carboxylic acids is 1. The van der Waals surface area contributed by atoms with Crippen molar-refractivity contribution >= 4 is 17.6 Å². The van der Waals surface area contributed by atoms with E-state index in [-0.39, 0.29) is 0 Å². The van der Waals surface area contributed by atoms with Crippen molar-refractivity contribution < 1.29 is 23.1 Å². The average Bonchev–Trinajstić information content (AvgIpc) is 2.16. The van der Waals surface area contributed by atoms with Crippen LogP contribution in [0.5, 0.6) is 0 Å². The highest BCUT2D eigenvalue weighted by molar-refractivity contribution is 6.17. The van der Waals surface area contributed by atoms with E-state index in [1.54, 1.807) is 0 Å². The summed E-state index contributed by atoms with van der Waals surface area (Å²) in [6.45, 7) is 0. The Morgan fingerprint density at radius 2 is 2.20 bits per heavy atom. The topological polar surface area (TPSA) is 50.2 Å². The van der Waals surface area contributed by atoms with Gasteiger partial charge in [0.15, 0.2) is 0 Å². The highest BCUT2D eigenvalue weighted by Crippen LogP contribution is 2.26. The molecule has 82 valence electrons. The molecule has 0 aliphatic heterocycles. The monoisotopic (exact) mass is 239 g/mol. The van der Waals surface area contributed by atoms with Gasteiger partial charge in [-0.2, -0.15) is 0 Å². The summed E-state index contributed by atoms with van der Waals surface area (Å²) in [5.41, 5.74) is -2.31. The number of pyridine rings is 1. The highest BCUT2D eigenvalue weighted by atomic mass is 35.5. The van der Waals surface area contributed by atoms with E-state index in [4.69, 9.17) is 16.7 Å². The van der Waals surface area contributed by atoms with Crippen LogP contribution in [0.2, 0.25) is 0 Å². The van der Waals surface area contributed by atoms with Gasteiger partial charge in [0.1, 0.15) is 11.5 Å². The van der Waals surface area contributed by atoms with Crippen molar-refractivity contribution in [2.45, 2.75) is 12.3 Å². The van der Waals surface area contributed by atoms with E-state index in [2.05, 4.69) is 4.98 Å². The van der Waals surface area contributed by atoms with Crippen LogP contribution < -0.4 is 0 Å². The Kier molecular flexibility index (Phi) is 3.52. The molecule has 0 radical (unpaired) electrons. The van der Waals surface area contributed by atoms with Crippen molar-refractivity contribution in [3.8, 4) is 0 Å². The van der Waals surface area contributed by atoms with Gasteiger partial charge in [0, 0.05) is 5.56 Å². The Labute approximate surface area is 87.5 Å². The van der Waals surface area contributed by atoms with E-state index in [1.807, 2.05) is 0 Å². The molecule has 0 aliphatic carbocycles. The fraction of sp³-hybridized carbons (Fsp3) is 0.250. The third-order valence-electron chi connectivity index (χ3n) is 1.72. The lowest BCUT2D eigenvalue weighted by molar-refractivity contribution is 0.0680. The first-order valence-electron chi connectivity index (χ1n) is 3.73. The molecule has 3 nitrogen and oxygen atoms in total. The first-order valence-corrected chi connectivity index (χ1v) is 4.27. The van der Waals surface area contributed by atoms with Gasteiger partial charge in [0.25, 0.3) is 6.43 Å². The van der Waals surface area contributed by atoms with Gasteiger partial charge in [-0.05, 0) is 0 Å². The van der Waals surface area contributed by atoms with Crippen LogP contribution in [0.15, 0.2) is 6.20 Å². The number of alkyl halides is 3. The minimum absolute atomic E-state index is 0.477. The first-order chi connectivity index (χ1) is 6.99. The first kappa shape index (κ1) is 11.8. The van der Waals surface area contributed by atoms with E-state index in [1.165, 1.54) is 0 Å². The largest absolute Gasteiger partial charge is 0.478 e. The fourth-order valence-corrected chi connectivity index (χ4v) is 1.34. The van der Waals surface area contributed by atoms with Crippen molar-refractivity contribution in [3.63, 3.8) is 0 Å². The van der Waals surface area contributed by atoms with Crippen LogP contribution in [0.25, 0.3) is 0 Å². The zero-order valence-electron chi connectivity index (χ0n) is 7.18. The number of rotatable bonds is 3. The Morgan fingerprint density at radius 3 is 2.60 bits per heavy atom. The van der Waals surface area contributed by atoms with E-state index in [0.717, 1.165) is 0 Å². The van der Waals surface area contributed by atoms with Crippen LogP contribution in [0, 0.1) is 5.82 Å². The zero-order chi connectivity index (χ0) is 11.6. The number of carbonyl (C=O) groups is 1. The Bertz CT molecular complexity index is 398. The van der Waals surface area contributed by atoms with Crippen LogP contribution in [0.4, 0.5) is 13.2 Å². The molecule has 7 heteroatoms.